The second-order valence-corrected chi connectivity index (χ2v) is 8.66. The number of anilines is 2. The number of hydrogen-bond donors (Lipinski definition) is 2. The van der Waals surface area contributed by atoms with Crippen LogP contribution in [-0.4, -0.2) is 0 Å². The molecule has 2 aromatic rings. The Kier molecular flexibility index (Phi) is 4.17. The second-order valence-electron chi connectivity index (χ2n) is 8.22. The zero-order valence-corrected chi connectivity index (χ0v) is 15.7. The Bertz CT molecular complexity index is 785. The normalized spacial score (nSPS) is 29.0. The molecule has 1 aliphatic heterocycles. The van der Waals surface area contributed by atoms with E-state index in [4.69, 9.17) is 11.6 Å². The van der Waals surface area contributed by atoms with Gasteiger partial charge in [-0.3, -0.25) is 0 Å². The van der Waals surface area contributed by atoms with Crippen molar-refractivity contribution < 1.29 is 0 Å². The number of halogens is 1. The molecule has 2 aromatic carbocycles. The Morgan fingerprint density at radius 2 is 1.50 bits per heavy atom. The van der Waals surface area contributed by atoms with Gasteiger partial charge in [0.25, 0.3) is 0 Å². The number of para-hydroxylation sites is 2. The zero-order chi connectivity index (χ0) is 17.5. The van der Waals surface area contributed by atoms with Crippen LogP contribution >= 0.6 is 11.6 Å². The lowest BCUT2D eigenvalue weighted by molar-refractivity contribution is 0.203. The van der Waals surface area contributed by atoms with E-state index in [1.807, 2.05) is 12.1 Å². The van der Waals surface area contributed by atoms with E-state index < -0.39 is 0 Å². The summed E-state index contributed by atoms with van der Waals surface area (Å²) in [5.74, 6) is 4.41. The van der Waals surface area contributed by atoms with Crippen LogP contribution in [0.3, 0.4) is 0 Å². The Morgan fingerprint density at radius 3 is 2.12 bits per heavy atom. The second kappa shape index (κ2) is 6.66. The first-order valence-electron chi connectivity index (χ1n) is 9.84. The number of allylic oxidation sites excluding steroid dienone is 1. The van der Waals surface area contributed by atoms with Gasteiger partial charge in [0.15, 0.2) is 0 Å². The largest absolute Gasteiger partial charge is 0.340 e. The Labute approximate surface area is 160 Å². The monoisotopic (exact) mass is 364 g/mol. The van der Waals surface area contributed by atoms with Crippen LogP contribution < -0.4 is 10.6 Å². The molecule has 26 heavy (non-hydrogen) atoms. The maximum atomic E-state index is 6.03. The van der Waals surface area contributed by atoms with Gasteiger partial charge < -0.3 is 10.6 Å². The van der Waals surface area contributed by atoms with Crippen molar-refractivity contribution in [3.05, 3.63) is 71.0 Å². The van der Waals surface area contributed by atoms with Crippen LogP contribution in [0.1, 0.15) is 31.2 Å². The molecule has 134 valence electrons. The maximum Gasteiger partial charge on any atom is 0.104 e. The highest BCUT2D eigenvalue weighted by Gasteiger charge is 2.41. The van der Waals surface area contributed by atoms with E-state index >= 15 is 0 Å². The third kappa shape index (κ3) is 3.12. The third-order valence-corrected chi connectivity index (χ3v) is 6.78. The third-order valence-electron chi connectivity index (χ3n) is 6.53. The van der Waals surface area contributed by atoms with Gasteiger partial charge >= 0.3 is 0 Å². The van der Waals surface area contributed by atoms with Crippen molar-refractivity contribution in [2.24, 2.45) is 23.7 Å². The molecule has 2 nitrogen and oxygen atoms in total. The van der Waals surface area contributed by atoms with Crippen LogP contribution in [0.25, 0.3) is 0 Å². The lowest BCUT2D eigenvalue weighted by Crippen LogP contribution is -2.27. The van der Waals surface area contributed by atoms with E-state index in [0.717, 1.165) is 28.7 Å². The number of rotatable bonds is 3. The van der Waals surface area contributed by atoms with E-state index in [2.05, 4.69) is 53.1 Å². The first-order valence-corrected chi connectivity index (χ1v) is 10.2. The van der Waals surface area contributed by atoms with Gasteiger partial charge in [-0.15, -0.1) is 0 Å². The van der Waals surface area contributed by atoms with Gasteiger partial charge in [-0.25, -0.2) is 0 Å². The van der Waals surface area contributed by atoms with Crippen molar-refractivity contribution in [3.63, 3.8) is 0 Å². The number of nitrogens with one attached hydrogen (secondary N) is 2. The molecule has 2 saturated carbocycles. The first kappa shape index (κ1) is 16.3. The average molecular weight is 365 g/mol. The predicted molar refractivity (Wildman–Crippen MR) is 109 cm³/mol. The molecular weight excluding hydrogens is 340 g/mol. The molecule has 5 rings (SSSR count). The van der Waals surface area contributed by atoms with Gasteiger partial charge in [-0.1, -0.05) is 35.9 Å². The SMILES string of the molecule is Clc1ccc(CC2CC3CCC(C2)C3C=C2Nc3ccccc3N2)cc1. The van der Waals surface area contributed by atoms with Crippen LogP contribution in [0.4, 0.5) is 11.4 Å². The van der Waals surface area contributed by atoms with Gasteiger partial charge in [0, 0.05) is 5.02 Å². The summed E-state index contributed by atoms with van der Waals surface area (Å²) in [5.41, 5.74) is 3.83. The lowest BCUT2D eigenvalue weighted by Gasteiger charge is -2.34. The van der Waals surface area contributed by atoms with Crippen molar-refractivity contribution in [1.29, 1.82) is 0 Å². The molecule has 0 spiro atoms. The first-order chi connectivity index (χ1) is 12.7. The van der Waals surface area contributed by atoms with Gasteiger partial charge in [0.2, 0.25) is 0 Å². The molecule has 0 aromatic heterocycles. The minimum Gasteiger partial charge on any atom is -0.340 e. The topological polar surface area (TPSA) is 24.1 Å². The van der Waals surface area contributed by atoms with Gasteiger partial charge in [-0.2, -0.15) is 0 Å². The van der Waals surface area contributed by atoms with Crippen molar-refractivity contribution in [1.82, 2.24) is 0 Å². The molecule has 2 aliphatic carbocycles. The standard InChI is InChI=1S/C23H25ClN2/c24-19-9-5-15(6-10-19)11-16-12-17-7-8-18(13-16)20(17)14-23-25-21-3-1-2-4-22(21)26-23/h1-6,9-10,14,16-18,20,25-26H,7-8,11-13H2. The molecule has 1 heterocycles. The molecule has 3 aliphatic rings. The fourth-order valence-corrected chi connectivity index (χ4v) is 5.52. The minimum atomic E-state index is 0.723. The quantitative estimate of drug-likeness (QED) is 0.666. The maximum absolute atomic E-state index is 6.03. The minimum absolute atomic E-state index is 0.723. The van der Waals surface area contributed by atoms with E-state index in [-0.39, 0.29) is 0 Å². The summed E-state index contributed by atoms with van der Waals surface area (Å²) >= 11 is 6.03. The summed E-state index contributed by atoms with van der Waals surface area (Å²) in [4.78, 5) is 0. The van der Waals surface area contributed by atoms with Gasteiger partial charge in [0.1, 0.15) is 5.82 Å². The molecule has 0 radical (unpaired) electrons. The summed E-state index contributed by atoms with van der Waals surface area (Å²) in [5, 5.41) is 7.92. The molecular formula is C23H25ClN2. The Balaban J connectivity index is 1.26. The highest BCUT2D eigenvalue weighted by molar-refractivity contribution is 6.30. The van der Waals surface area contributed by atoms with Crippen LogP contribution in [0, 0.1) is 23.7 Å². The van der Waals surface area contributed by atoms with E-state index in [0.29, 0.717) is 0 Å². The molecule has 2 N–H and O–H groups in total. The summed E-state index contributed by atoms with van der Waals surface area (Å²) in [6.07, 6.45) is 9.20. The summed E-state index contributed by atoms with van der Waals surface area (Å²) in [7, 11) is 0. The fourth-order valence-electron chi connectivity index (χ4n) is 5.39. The van der Waals surface area contributed by atoms with Crippen LogP contribution in [0.2, 0.25) is 5.02 Å². The van der Waals surface area contributed by atoms with E-state index in [1.165, 1.54) is 54.9 Å². The number of fused-ring (bicyclic) bond motifs is 3. The van der Waals surface area contributed by atoms with Crippen molar-refractivity contribution in [3.8, 4) is 0 Å². The highest BCUT2D eigenvalue weighted by Crippen LogP contribution is 2.51. The lowest BCUT2D eigenvalue weighted by atomic mass is 9.71. The number of hydrogen-bond acceptors (Lipinski definition) is 2. The molecule has 2 atom stereocenters. The highest BCUT2D eigenvalue weighted by atomic mass is 35.5. The average Bonchev–Trinajstić information content (AvgIpc) is 3.15. The van der Waals surface area contributed by atoms with Crippen molar-refractivity contribution in [2.75, 3.05) is 10.6 Å². The van der Waals surface area contributed by atoms with Crippen molar-refractivity contribution in [2.45, 2.75) is 32.1 Å². The molecule has 0 saturated heterocycles. The van der Waals surface area contributed by atoms with Crippen LogP contribution in [0.5, 0.6) is 0 Å². The zero-order valence-electron chi connectivity index (χ0n) is 14.9. The molecule has 2 unspecified atom stereocenters. The van der Waals surface area contributed by atoms with Crippen LogP contribution in [-0.2, 0) is 6.42 Å². The summed E-state index contributed by atoms with van der Waals surface area (Å²) in [6, 6.07) is 16.9. The molecule has 3 heteroatoms. The van der Waals surface area contributed by atoms with Gasteiger partial charge in [-0.05, 0) is 91.7 Å². The van der Waals surface area contributed by atoms with Crippen molar-refractivity contribution >= 4 is 23.0 Å². The Morgan fingerprint density at radius 1 is 0.885 bits per heavy atom. The van der Waals surface area contributed by atoms with E-state index in [9.17, 15) is 0 Å². The molecule has 0 amide bonds. The molecule has 2 fully saturated rings. The summed E-state index contributed by atoms with van der Waals surface area (Å²) in [6.45, 7) is 0. The Hall–Kier alpha value is -1.93. The van der Waals surface area contributed by atoms with Gasteiger partial charge in [0.05, 0.1) is 11.4 Å². The predicted octanol–water partition coefficient (Wildman–Crippen LogP) is 6.31. The smallest absolute Gasteiger partial charge is 0.104 e. The summed E-state index contributed by atoms with van der Waals surface area (Å²) < 4.78 is 0. The van der Waals surface area contributed by atoms with E-state index in [1.54, 1.807) is 0 Å². The molecule has 2 bridgehead atoms. The fraction of sp³-hybridized carbons (Fsp3) is 0.391. The van der Waals surface area contributed by atoms with Crippen LogP contribution in [0.15, 0.2) is 60.4 Å². The number of benzene rings is 2.